The molecule has 0 saturated carbocycles. The molecule has 0 spiro atoms. The molecule has 0 fully saturated rings. The normalized spacial score (nSPS) is 11.6. The minimum Gasteiger partial charge on any atom is -0.463 e. The Morgan fingerprint density at radius 2 is 2.06 bits per heavy atom. The van der Waals surface area contributed by atoms with E-state index in [-0.39, 0.29) is 6.67 Å². The molecule has 0 aliphatic rings. The van der Waals surface area contributed by atoms with Gasteiger partial charge in [0.15, 0.2) is 0 Å². The predicted molar refractivity (Wildman–Crippen MR) is 66.5 cm³/mol. The van der Waals surface area contributed by atoms with Crippen molar-refractivity contribution in [3.8, 4) is 0 Å². The summed E-state index contributed by atoms with van der Waals surface area (Å²) in [6.45, 7) is -0.156. The van der Waals surface area contributed by atoms with Gasteiger partial charge in [0.25, 0.3) is 5.91 Å². The van der Waals surface area contributed by atoms with Gasteiger partial charge in [-0.2, -0.15) is 4.72 Å². The maximum Gasteiger partial charge on any atom is 0.256 e. The van der Waals surface area contributed by atoms with Gasteiger partial charge in [0.2, 0.25) is 10.0 Å². The summed E-state index contributed by atoms with van der Waals surface area (Å²) in [6.07, 6.45) is 2.37. The van der Waals surface area contributed by atoms with Crippen LogP contribution in [0, 0.1) is 0 Å². The number of hydrogen-bond acceptors (Lipinski definition) is 4. The Kier molecular flexibility index (Phi) is 3.35. The summed E-state index contributed by atoms with van der Waals surface area (Å²) in [4.78, 5) is 11.8. The van der Waals surface area contributed by atoms with E-state index in [1.165, 1.54) is 6.26 Å². The van der Waals surface area contributed by atoms with Gasteiger partial charge in [0.05, 0.1) is 18.5 Å². The summed E-state index contributed by atoms with van der Waals surface area (Å²) < 4.78 is 29.1. The molecule has 2 N–H and O–H groups in total. The number of benzene rings is 1. The topological polar surface area (TPSA) is 88.4 Å². The minimum atomic E-state index is -3.32. The van der Waals surface area contributed by atoms with E-state index in [0.29, 0.717) is 16.5 Å². The van der Waals surface area contributed by atoms with E-state index < -0.39 is 15.9 Å². The largest absolute Gasteiger partial charge is 0.463 e. The fourth-order valence-corrected chi connectivity index (χ4v) is 1.83. The summed E-state index contributed by atoms with van der Waals surface area (Å²) in [5.41, 5.74) is 0.986. The quantitative estimate of drug-likeness (QED) is 0.798. The van der Waals surface area contributed by atoms with Crippen molar-refractivity contribution in [3.63, 3.8) is 0 Å². The first-order valence-corrected chi connectivity index (χ1v) is 7.05. The Hall–Kier alpha value is -1.86. The molecule has 0 aliphatic heterocycles. The van der Waals surface area contributed by atoms with E-state index >= 15 is 0 Å². The smallest absolute Gasteiger partial charge is 0.256 e. The van der Waals surface area contributed by atoms with Crippen LogP contribution in [-0.4, -0.2) is 27.2 Å². The molecule has 0 atom stereocenters. The summed E-state index contributed by atoms with van der Waals surface area (Å²) in [7, 11) is -3.32. The number of amides is 1. The van der Waals surface area contributed by atoms with Gasteiger partial charge >= 0.3 is 0 Å². The van der Waals surface area contributed by atoms with Crippen LogP contribution >= 0.6 is 0 Å². The molecule has 0 radical (unpaired) electrons. The zero-order valence-corrected chi connectivity index (χ0v) is 10.5. The lowest BCUT2D eigenvalue weighted by Gasteiger charge is -2.04. The Morgan fingerprint density at radius 3 is 2.78 bits per heavy atom. The Balaban J connectivity index is 2.10. The van der Waals surface area contributed by atoms with Crippen LogP contribution in [0.1, 0.15) is 10.4 Å². The van der Waals surface area contributed by atoms with Gasteiger partial charge in [0, 0.05) is 5.39 Å². The number of carbonyl (C=O) groups is 1. The molecule has 0 aliphatic carbocycles. The van der Waals surface area contributed by atoms with Crippen molar-refractivity contribution in [2.75, 3.05) is 12.9 Å². The van der Waals surface area contributed by atoms with E-state index in [0.717, 1.165) is 6.26 Å². The van der Waals surface area contributed by atoms with Crippen molar-refractivity contribution >= 4 is 26.9 Å². The fraction of sp³-hybridized carbons (Fsp3) is 0.182. The van der Waals surface area contributed by atoms with Crippen molar-refractivity contribution in [3.05, 3.63) is 36.1 Å². The van der Waals surface area contributed by atoms with Crippen LogP contribution in [-0.2, 0) is 10.0 Å². The summed E-state index contributed by atoms with van der Waals surface area (Å²) in [6, 6.07) is 7.11. The molecular formula is C11H12N2O4S. The van der Waals surface area contributed by atoms with Crippen LogP contribution in [0.15, 0.2) is 34.9 Å². The van der Waals surface area contributed by atoms with Gasteiger partial charge in [-0.25, -0.2) is 8.42 Å². The molecule has 1 aromatic carbocycles. The van der Waals surface area contributed by atoms with E-state index in [1.54, 1.807) is 24.3 Å². The van der Waals surface area contributed by atoms with E-state index in [4.69, 9.17) is 4.42 Å². The molecule has 0 bridgehead atoms. The third-order valence-corrected chi connectivity index (χ3v) is 2.98. The highest BCUT2D eigenvalue weighted by molar-refractivity contribution is 7.88. The van der Waals surface area contributed by atoms with Gasteiger partial charge in [0.1, 0.15) is 11.8 Å². The number of furan rings is 1. The Morgan fingerprint density at radius 1 is 1.33 bits per heavy atom. The highest BCUT2D eigenvalue weighted by Crippen LogP contribution is 2.20. The number of rotatable bonds is 4. The molecule has 2 rings (SSSR count). The molecule has 6 nitrogen and oxygen atoms in total. The first kappa shape index (κ1) is 12.6. The van der Waals surface area contributed by atoms with Gasteiger partial charge in [-0.15, -0.1) is 0 Å². The molecule has 1 aromatic heterocycles. The van der Waals surface area contributed by atoms with Crippen LogP contribution in [0.5, 0.6) is 0 Å². The maximum atomic E-state index is 11.8. The second-order valence-corrected chi connectivity index (χ2v) is 5.58. The van der Waals surface area contributed by atoms with Crippen LogP contribution in [0.2, 0.25) is 0 Å². The molecule has 0 unspecified atom stereocenters. The third kappa shape index (κ3) is 2.88. The van der Waals surface area contributed by atoms with Gasteiger partial charge in [-0.1, -0.05) is 18.2 Å². The number of fused-ring (bicyclic) bond motifs is 1. The lowest BCUT2D eigenvalue weighted by molar-refractivity contribution is 0.0954. The van der Waals surface area contributed by atoms with E-state index in [9.17, 15) is 13.2 Å². The van der Waals surface area contributed by atoms with Crippen molar-refractivity contribution in [2.45, 2.75) is 0 Å². The highest BCUT2D eigenvalue weighted by atomic mass is 32.2. The zero-order valence-electron chi connectivity index (χ0n) is 9.64. The number of para-hydroxylation sites is 1. The number of carbonyl (C=O) groups excluding carboxylic acids is 1. The zero-order chi connectivity index (χ0) is 13.2. The summed E-state index contributed by atoms with van der Waals surface area (Å²) in [5.74, 6) is -0.392. The second-order valence-electron chi connectivity index (χ2n) is 3.74. The summed E-state index contributed by atoms with van der Waals surface area (Å²) >= 11 is 0. The second kappa shape index (κ2) is 4.79. The molecule has 2 aromatic rings. The van der Waals surface area contributed by atoms with Crippen molar-refractivity contribution < 1.29 is 17.6 Å². The molecule has 96 valence electrons. The van der Waals surface area contributed by atoms with Crippen LogP contribution < -0.4 is 10.0 Å². The minimum absolute atomic E-state index is 0.156. The van der Waals surface area contributed by atoms with Crippen molar-refractivity contribution in [1.29, 1.82) is 0 Å². The van der Waals surface area contributed by atoms with Crippen LogP contribution in [0.4, 0.5) is 0 Å². The van der Waals surface area contributed by atoms with Crippen LogP contribution in [0.3, 0.4) is 0 Å². The monoisotopic (exact) mass is 268 g/mol. The molecule has 1 amide bonds. The third-order valence-electron chi connectivity index (χ3n) is 2.31. The van der Waals surface area contributed by atoms with E-state index in [2.05, 4.69) is 10.0 Å². The maximum absolute atomic E-state index is 11.8. The standard InChI is InChI=1S/C11H12N2O4S/c1-18(15,16)13-7-12-11(14)9-6-17-10-5-3-2-4-8(9)10/h2-6,13H,7H2,1H3,(H,12,14). The van der Waals surface area contributed by atoms with E-state index in [1.807, 2.05) is 0 Å². The molecule has 1 heterocycles. The lowest BCUT2D eigenvalue weighted by Crippen LogP contribution is -2.36. The van der Waals surface area contributed by atoms with Crippen LogP contribution in [0.25, 0.3) is 11.0 Å². The average Bonchev–Trinajstić information content (AvgIpc) is 2.70. The lowest BCUT2D eigenvalue weighted by atomic mass is 10.2. The fourth-order valence-electron chi connectivity index (χ4n) is 1.50. The highest BCUT2D eigenvalue weighted by Gasteiger charge is 2.13. The molecular weight excluding hydrogens is 256 g/mol. The van der Waals surface area contributed by atoms with Gasteiger partial charge in [-0.05, 0) is 6.07 Å². The first-order chi connectivity index (χ1) is 8.47. The summed E-state index contributed by atoms with van der Waals surface area (Å²) in [5, 5.41) is 3.13. The van der Waals surface area contributed by atoms with Gasteiger partial charge < -0.3 is 9.73 Å². The number of sulfonamides is 1. The SMILES string of the molecule is CS(=O)(=O)NCNC(=O)c1coc2ccccc12. The van der Waals surface area contributed by atoms with Crippen molar-refractivity contribution in [1.82, 2.24) is 10.0 Å². The Bertz CT molecular complexity index is 675. The number of nitrogens with one attached hydrogen (secondary N) is 2. The molecule has 18 heavy (non-hydrogen) atoms. The van der Waals surface area contributed by atoms with Gasteiger partial charge in [-0.3, -0.25) is 4.79 Å². The number of hydrogen-bond donors (Lipinski definition) is 2. The molecule has 7 heteroatoms. The predicted octanol–water partition coefficient (Wildman–Crippen LogP) is 0.669. The Labute approximate surface area is 104 Å². The average molecular weight is 268 g/mol. The first-order valence-electron chi connectivity index (χ1n) is 5.16. The molecule has 0 saturated heterocycles. The van der Waals surface area contributed by atoms with Crippen molar-refractivity contribution in [2.24, 2.45) is 0 Å².